The minimum Gasteiger partial charge on any atom is -0.0883 e. The van der Waals surface area contributed by atoms with Gasteiger partial charge in [-0.05, 0) is 88.2 Å². The summed E-state index contributed by atoms with van der Waals surface area (Å²) >= 11 is 0. The fourth-order valence-electron chi connectivity index (χ4n) is 6.13. The first-order valence-corrected chi connectivity index (χ1v) is 12.7. The van der Waals surface area contributed by atoms with Gasteiger partial charge in [0.15, 0.2) is 0 Å². The third kappa shape index (κ3) is 3.04. The highest BCUT2D eigenvalue weighted by Gasteiger charge is 2.16. The molecule has 0 amide bonds. The molecule has 37 heavy (non-hydrogen) atoms. The second kappa shape index (κ2) is 7.69. The van der Waals surface area contributed by atoms with E-state index in [0.717, 1.165) is 10.8 Å². The Bertz CT molecular complexity index is 2150. The van der Waals surface area contributed by atoms with Crippen molar-refractivity contribution in [1.82, 2.24) is 0 Å². The molecule has 0 N–H and O–H groups in total. The van der Waals surface area contributed by atoms with Crippen molar-refractivity contribution in [3.63, 3.8) is 0 Å². The summed E-state index contributed by atoms with van der Waals surface area (Å²) in [4.78, 5) is 0. The second-order valence-electron chi connectivity index (χ2n) is 10.00. The number of hydrogen-bond acceptors (Lipinski definition) is 0. The summed E-state index contributed by atoms with van der Waals surface area (Å²) in [5, 5.41) is 12.4. The molecule has 1 heteroatoms. The molecule has 0 spiro atoms. The molecular formula is C36H21B. The van der Waals surface area contributed by atoms with E-state index in [2.05, 4.69) is 127 Å². The van der Waals surface area contributed by atoms with Gasteiger partial charge in [-0.25, -0.2) is 0 Å². The van der Waals surface area contributed by atoms with Gasteiger partial charge >= 0.3 is 0 Å². The molecule has 0 aliphatic heterocycles. The highest BCUT2D eigenvalue weighted by molar-refractivity contribution is 6.43. The van der Waals surface area contributed by atoms with Crippen LogP contribution in [0.15, 0.2) is 127 Å². The zero-order chi connectivity index (χ0) is 24.5. The molecule has 0 aliphatic carbocycles. The minimum atomic E-state index is 0.821. The highest BCUT2D eigenvalue weighted by Crippen LogP contribution is 2.42. The largest absolute Gasteiger partial charge is 0.114 e. The van der Waals surface area contributed by atoms with Crippen LogP contribution in [0.5, 0.6) is 0 Å². The Morgan fingerprint density at radius 1 is 0.351 bits per heavy atom. The maximum absolute atomic E-state index is 6.73. The molecule has 0 atom stereocenters. The summed E-state index contributed by atoms with van der Waals surface area (Å²) in [6, 6.07) is 46.2. The fraction of sp³-hybridized carbons (Fsp3) is 0. The van der Waals surface area contributed by atoms with Crippen molar-refractivity contribution < 1.29 is 0 Å². The molecule has 8 aromatic carbocycles. The van der Waals surface area contributed by atoms with Gasteiger partial charge in [-0.15, -0.1) is 0 Å². The van der Waals surface area contributed by atoms with Gasteiger partial charge in [-0.1, -0.05) is 121 Å². The van der Waals surface area contributed by atoms with Crippen molar-refractivity contribution >= 4 is 67.2 Å². The molecule has 0 saturated carbocycles. The van der Waals surface area contributed by atoms with Crippen LogP contribution in [0.1, 0.15) is 0 Å². The van der Waals surface area contributed by atoms with Gasteiger partial charge in [0, 0.05) is 0 Å². The maximum atomic E-state index is 6.73. The summed E-state index contributed by atoms with van der Waals surface area (Å²) in [6.45, 7) is 0. The van der Waals surface area contributed by atoms with Crippen LogP contribution in [0.4, 0.5) is 0 Å². The molecule has 0 aliphatic rings. The minimum absolute atomic E-state index is 0.821. The standard InChI is InChI=1S/C36H21B/c37-34-21-33(28-12-10-23-6-2-4-8-26(23)20-28)31-16-14-24-13-15-29(30-17-18-32(34)36(31)35(24)30)27-11-9-22-5-1-3-7-25(22)19-27/h1-21H. The van der Waals surface area contributed by atoms with Crippen molar-refractivity contribution in [3.8, 4) is 22.3 Å². The molecule has 168 valence electrons. The Hall–Kier alpha value is -4.62. The van der Waals surface area contributed by atoms with E-state index < -0.39 is 0 Å². The van der Waals surface area contributed by atoms with Gasteiger partial charge in [-0.3, -0.25) is 0 Å². The Balaban J connectivity index is 1.44. The second-order valence-corrected chi connectivity index (χ2v) is 10.00. The Kier molecular flexibility index (Phi) is 4.27. The first-order chi connectivity index (χ1) is 18.2. The summed E-state index contributed by atoms with van der Waals surface area (Å²) in [7, 11) is 6.73. The lowest BCUT2D eigenvalue weighted by Crippen LogP contribution is -2.06. The molecule has 8 aromatic rings. The van der Waals surface area contributed by atoms with Crippen LogP contribution in [0.2, 0.25) is 0 Å². The molecule has 8 rings (SSSR count). The molecule has 0 nitrogen and oxygen atoms in total. The third-order valence-corrected chi connectivity index (χ3v) is 7.93. The molecule has 0 heterocycles. The van der Waals surface area contributed by atoms with Crippen molar-refractivity contribution in [3.05, 3.63) is 127 Å². The predicted molar refractivity (Wildman–Crippen MR) is 161 cm³/mol. The normalized spacial score (nSPS) is 11.9. The predicted octanol–water partition coefficient (Wildman–Crippen LogP) is 9.02. The third-order valence-electron chi connectivity index (χ3n) is 7.93. The van der Waals surface area contributed by atoms with Gasteiger partial charge in [0.2, 0.25) is 0 Å². The zero-order valence-corrected chi connectivity index (χ0v) is 20.2. The van der Waals surface area contributed by atoms with Gasteiger partial charge in [0.05, 0.1) is 0 Å². The van der Waals surface area contributed by atoms with Crippen LogP contribution < -0.4 is 5.46 Å². The smallest absolute Gasteiger partial charge is 0.0883 e. The highest BCUT2D eigenvalue weighted by atomic mass is 14.2. The number of rotatable bonds is 2. The Morgan fingerprint density at radius 2 is 0.865 bits per heavy atom. The average Bonchev–Trinajstić information content (AvgIpc) is 2.96. The summed E-state index contributed by atoms with van der Waals surface area (Å²) in [6.07, 6.45) is 0. The first kappa shape index (κ1) is 20.6. The van der Waals surface area contributed by atoms with Gasteiger partial charge in [-0.2, -0.15) is 0 Å². The van der Waals surface area contributed by atoms with Crippen LogP contribution >= 0.6 is 0 Å². The van der Waals surface area contributed by atoms with Crippen molar-refractivity contribution in [2.45, 2.75) is 0 Å². The number of hydrogen-bond donors (Lipinski definition) is 0. The quantitative estimate of drug-likeness (QED) is 0.177. The van der Waals surface area contributed by atoms with E-state index in [1.165, 1.54) is 70.7 Å². The lowest BCUT2D eigenvalue weighted by Gasteiger charge is -2.18. The van der Waals surface area contributed by atoms with Crippen LogP contribution in [-0.4, -0.2) is 7.85 Å². The zero-order valence-electron chi connectivity index (χ0n) is 20.2. The molecule has 0 fully saturated rings. The topological polar surface area (TPSA) is 0 Å². The van der Waals surface area contributed by atoms with E-state index in [4.69, 9.17) is 7.85 Å². The molecule has 2 radical (unpaired) electrons. The van der Waals surface area contributed by atoms with Crippen LogP contribution in [0.3, 0.4) is 0 Å². The van der Waals surface area contributed by atoms with Crippen LogP contribution in [0.25, 0.3) is 76.1 Å². The van der Waals surface area contributed by atoms with Gasteiger partial charge in [0.1, 0.15) is 7.85 Å². The van der Waals surface area contributed by atoms with Crippen molar-refractivity contribution in [2.24, 2.45) is 0 Å². The van der Waals surface area contributed by atoms with Crippen LogP contribution in [0, 0.1) is 0 Å². The lowest BCUT2D eigenvalue weighted by molar-refractivity contribution is 1.69. The maximum Gasteiger partial charge on any atom is 0.114 e. The van der Waals surface area contributed by atoms with E-state index >= 15 is 0 Å². The van der Waals surface area contributed by atoms with Gasteiger partial charge in [0.25, 0.3) is 0 Å². The van der Waals surface area contributed by atoms with Crippen LogP contribution in [-0.2, 0) is 0 Å². The Morgan fingerprint density at radius 3 is 1.57 bits per heavy atom. The summed E-state index contributed by atoms with van der Waals surface area (Å²) < 4.78 is 0. The number of benzene rings is 8. The van der Waals surface area contributed by atoms with E-state index in [1.54, 1.807) is 0 Å². The van der Waals surface area contributed by atoms with Crippen molar-refractivity contribution in [1.29, 1.82) is 0 Å². The lowest BCUT2D eigenvalue weighted by atomic mass is 9.80. The monoisotopic (exact) mass is 464 g/mol. The Labute approximate surface area is 216 Å². The molecule has 0 aromatic heterocycles. The molecular weight excluding hydrogens is 443 g/mol. The number of fused-ring (bicyclic) bond motifs is 2. The SMILES string of the molecule is [B]c1cc(-c2ccc3ccccc3c2)c2ccc3ccc(-c4ccc5ccccc5c4)c4ccc1c2c34. The first-order valence-electron chi connectivity index (χ1n) is 12.7. The molecule has 0 saturated heterocycles. The fourth-order valence-corrected chi connectivity index (χ4v) is 6.13. The van der Waals surface area contributed by atoms with E-state index in [1.807, 2.05) is 0 Å². The van der Waals surface area contributed by atoms with Crippen molar-refractivity contribution in [2.75, 3.05) is 0 Å². The van der Waals surface area contributed by atoms with Gasteiger partial charge < -0.3 is 0 Å². The average molecular weight is 464 g/mol. The molecule has 0 bridgehead atoms. The van der Waals surface area contributed by atoms with E-state index in [0.29, 0.717) is 0 Å². The summed E-state index contributed by atoms with van der Waals surface area (Å²) in [5.74, 6) is 0. The van der Waals surface area contributed by atoms with E-state index in [9.17, 15) is 0 Å². The molecule has 0 unspecified atom stereocenters. The van der Waals surface area contributed by atoms with E-state index in [-0.39, 0.29) is 0 Å². The summed E-state index contributed by atoms with van der Waals surface area (Å²) in [5.41, 5.74) is 5.68.